The maximum absolute atomic E-state index is 12.7. The Balaban J connectivity index is 1.90. The van der Waals surface area contributed by atoms with Gasteiger partial charge in [0, 0.05) is 34.4 Å². The largest absolute Gasteiger partial charge is 0.398 e. The zero-order valence-electron chi connectivity index (χ0n) is 14.2. The van der Waals surface area contributed by atoms with Crippen LogP contribution in [0.5, 0.6) is 0 Å². The number of nitrogens with two attached hydrogens (primary N) is 1. The lowest BCUT2D eigenvalue weighted by Gasteiger charge is -2.07. The third-order valence-corrected chi connectivity index (χ3v) is 4.22. The number of halogens is 1. The van der Waals surface area contributed by atoms with Gasteiger partial charge < -0.3 is 21.1 Å². The molecule has 136 valence electrons. The second-order valence-corrected chi connectivity index (χ2v) is 6.22. The molecule has 0 saturated heterocycles. The highest BCUT2D eigenvalue weighted by Crippen LogP contribution is 2.18. The number of rotatable bonds is 3. The molecule has 6 nitrogen and oxygen atoms in total. The number of anilines is 1. The molecule has 0 aliphatic carbocycles. The van der Waals surface area contributed by atoms with Crippen molar-refractivity contribution in [2.75, 3.05) is 12.3 Å². The molecule has 3 aromatic rings. The summed E-state index contributed by atoms with van der Waals surface area (Å²) in [6.07, 6.45) is 1.36. The van der Waals surface area contributed by atoms with Crippen LogP contribution in [0.2, 0.25) is 5.02 Å². The van der Waals surface area contributed by atoms with Crippen LogP contribution in [0.15, 0.2) is 47.4 Å². The van der Waals surface area contributed by atoms with Crippen molar-refractivity contribution >= 4 is 34.1 Å². The van der Waals surface area contributed by atoms with Crippen LogP contribution in [-0.2, 0) is 6.54 Å². The average Bonchev–Trinajstić information content (AvgIpc) is 2.66. The van der Waals surface area contributed by atoms with Gasteiger partial charge in [-0.2, -0.15) is 0 Å². The lowest BCUT2D eigenvalue weighted by atomic mass is 10.1. The second kappa shape index (κ2) is 7.96. The molecule has 5 N–H and O–H groups in total. The number of hydrogen-bond donors (Lipinski definition) is 4. The number of carbonyl (C=O) groups excluding carboxylic acids is 1. The van der Waals surface area contributed by atoms with Crippen LogP contribution in [0, 0.1) is 11.8 Å². The van der Waals surface area contributed by atoms with E-state index in [-0.39, 0.29) is 18.7 Å². The van der Waals surface area contributed by atoms with E-state index in [0.717, 1.165) is 5.56 Å². The number of benzene rings is 2. The Bertz CT molecular complexity index is 1130. The normalized spacial score (nSPS) is 10.3. The molecule has 0 spiro atoms. The molecular formula is C20H16ClN3O3. The molecule has 2 aromatic carbocycles. The lowest BCUT2D eigenvalue weighted by molar-refractivity contribution is 0.0949. The molecule has 3 rings (SSSR count). The summed E-state index contributed by atoms with van der Waals surface area (Å²) >= 11 is 5.84. The average molecular weight is 382 g/mol. The number of carbonyl (C=O) groups is 1. The predicted molar refractivity (Wildman–Crippen MR) is 106 cm³/mol. The number of hydrogen-bond acceptors (Lipinski definition) is 4. The van der Waals surface area contributed by atoms with E-state index in [1.165, 1.54) is 12.3 Å². The van der Waals surface area contributed by atoms with Crippen molar-refractivity contribution < 1.29 is 9.90 Å². The molecule has 0 unspecified atom stereocenters. The highest BCUT2D eigenvalue weighted by atomic mass is 35.5. The number of H-pyrrole nitrogens is 1. The number of aliphatic hydroxyl groups is 1. The molecule has 0 fully saturated rings. The third-order valence-electron chi connectivity index (χ3n) is 3.96. The fourth-order valence-corrected chi connectivity index (χ4v) is 2.70. The Morgan fingerprint density at radius 2 is 2.00 bits per heavy atom. The molecular weight excluding hydrogens is 366 g/mol. The summed E-state index contributed by atoms with van der Waals surface area (Å²) < 4.78 is 0. The van der Waals surface area contributed by atoms with E-state index < -0.39 is 11.3 Å². The van der Waals surface area contributed by atoms with E-state index in [1.807, 2.05) is 0 Å². The van der Waals surface area contributed by atoms with Crippen LogP contribution < -0.4 is 16.5 Å². The SMILES string of the molecule is Nc1cc2[nH]cc(C(=O)NCc3ccc(Cl)cc3)c(=O)c2cc1C#CCO. The van der Waals surface area contributed by atoms with E-state index in [2.05, 4.69) is 22.1 Å². The molecule has 1 heterocycles. The Morgan fingerprint density at radius 3 is 2.70 bits per heavy atom. The molecule has 0 aliphatic rings. The molecule has 0 aliphatic heterocycles. The van der Waals surface area contributed by atoms with Gasteiger partial charge in [-0.3, -0.25) is 9.59 Å². The van der Waals surface area contributed by atoms with Crippen LogP contribution in [0.3, 0.4) is 0 Å². The molecule has 0 atom stereocenters. The van der Waals surface area contributed by atoms with Gasteiger partial charge >= 0.3 is 0 Å². The topological polar surface area (TPSA) is 108 Å². The van der Waals surface area contributed by atoms with E-state index in [9.17, 15) is 9.59 Å². The predicted octanol–water partition coefficient (Wildman–Crippen LogP) is 2.04. The third kappa shape index (κ3) is 4.11. The van der Waals surface area contributed by atoms with Gasteiger partial charge in [0.15, 0.2) is 0 Å². The number of aliphatic hydroxyl groups excluding tert-OH is 1. The monoisotopic (exact) mass is 381 g/mol. The maximum Gasteiger partial charge on any atom is 0.257 e. The summed E-state index contributed by atoms with van der Waals surface area (Å²) in [6.45, 7) is -0.0522. The summed E-state index contributed by atoms with van der Waals surface area (Å²) in [5.74, 6) is 4.69. The quantitative estimate of drug-likeness (QED) is 0.411. The number of nitrogens with one attached hydrogen (secondary N) is 2. The first-order valence-corrected chi connectivity index (χ1v) is 8.44. The van der Waals surface area contributed by atoms with E-state index in [0.29, 0.717) is 27.2 Å². The van der Waals surface area contributed by atoms with Gasteiger partial charge in [0.1, 0.15) is 12.2 Å². The van der Waals surface area contributed by atoms with Gasteiger partial charge in [-0.1, -0.05) is 35.6 Å². The summed E-state index contributed by atoms with van der Waals surface area (Å²) in [4.78, 5) is 28.1. The lowest BCUT2D eigenvalue weighted by Crippen LogP contribution is -2.28. The minimum absolute atomic E-state index is 0.0118. The van der Waals surface area contributed by atoms with E-state index >= 15 is 0 Å². The molecule has 0 saturated carbocycles. The summed E-state index contributed by atoms with van der Waals surface area (Å²) in [5, 5.41) is 12.4. The van der Waals surface area contributed by atoms with E-state index in [1.54, 1.807) is 30.3 Å². The minimum atomic E-state index is -0.493. The van der Waals surface area contributed by atoms with Crippen molar-refractivity contribution in [1.29, 1.82) is 0 Å². The van der Waals surface area contributed by atoms with Crippen LogP contribution in [0.25, 0.3) is 10.9 Å². The van der Waals surface area contributed by atoms with Gasteiger partial charge in [-0.25, -0.2) is 0 Å². The molecule has 0 radical (unpaired) electrons. The Hall–Kier alpha value is -3.27. The van der Waals surface area contributed by atoms with Crippen molar-refractivity contribution in [3.63, 3.8) is 0 Å². The highest BCUT2D eigenvalue weighted by Gasteiger charge is 2.14. The minimum Gasteiger partial charge on any atom is -0.398 e. The van der Waals surface area contributed by atoms with Crippen LogP contribution in [-0.4, -0.2) is 22.6 Å². The molecule has 27 heavy (non-hydrogen) atoms. The first-order chi connectivity index (χ1) is 13.0. The van der Waals surface area contributed by atoms with Crippen molar-refractivity contribution in [1.82, 2.24) is 10.3 Å². The smallest absolute Gasteiger partial charge is 0.257 e. The van der Waals surface area contributed by atoms with Crippen LogP contribution >= 0.6 is 11.6 Å². The fraction of sp³-hybridized carbons (Fsp3) is 0.100. The highest BCUT2D eigenvalue weighted by molar-refractivity contribution is 6.30. The number of nitrogen functional groups attached to an aromatic ring is 1. The number of aromatic amines is 1. The van der Waals surface area contributed by atoms with Crippen molar-refractivity contribution in [2.24, 2.45) is 0 Å². The standard InChI is InChI=1S/C20H16ClN3O3/c21-14-5-3-12(4-6-14)10-24-20(27)16-11-23-18-9-17(22)13(2-1-7-25)8-15(18)19(16)26/h3-6,8-9,11,25H,7,10,22H2,(H,23,26)(H,24,27). The van der Waals surface area contributed by atoms with Gasteiger partial charge in [0.2, 0.25) is 5.43 Å². The van der Waals surface area contributed by atoms with Gasteiger partial charge in [0.05, 0.1) is 5.52 Å². The van der Waals surface area contributed by atoms with E-state index in [4.69, 9.17) is 22.4 Å². The first-order valence-electron chi connectivity index (χ1n) is 8.07. The van der Waals surface area contributed by atoms with Gasteiger partial charge in [-0.15, -0.1) is 0 Å². The molecule has 1 aromatic heterocycles. The number of aromatic nitrogens is 1. The summed E-state index contributed by atoms with van der Waals surface area (Å²) in [7, 11) is 0. The number of pyridine rings is 1. The Kier molecular flexibility index (Phi) is 5.46. The Labute approximate surface area is 160 Å². The maximum atomic E-state index is 12.7. The summed E-state index contributed by atoms with van der Waals surface area (Å²) in [6, 6.07) is 10.1. The fourth-order valence-electron chi connectivity index (χ4n) is 2.58. The van der Waals surface area contributed by atoms with Gasteiger partial charge in [0.25, 0.3) is 5.91 Å². The van der Waals surface area contributed by atoms with Crippen LogP contribution in [0.4, 0.5) is 5.69 Å². The second-order valence-electron chi connectivity index (χ2n) is 5.79. The molecule has 1 amide bonds. The Morgan fingerprint density at radius 1 is 1.26 bits per heavy atom. The summed E-state index contributed by atoms with van der Waals surface area (Å²) in [5.41, 5.74) is 7.62. The van der Waals surface area contributed by atoms with Crippen molar-refractivity contribution in [3.05, 3.63) is 74.5 Å². The van der Waals surface area contributed by atoms with Gasteiger partial charge in [-0.05, 0) is 29.8 Å². The van der Waals surface area contributed by atoms with Crippen molar-refractivity contribution in [2.45, 2.75) is 6.54 Å². The molecule has 7 heteroatoms. The van der Waals surface area contributed by atoms with Crippen LogP contribution in [0.1, 0.15) is 21.5 Å². The zero-order chi connectivity index (χ0) is 19.4. The molecule has 0 bridgehead atoms. The first kappa shape index (κ1) is 18.5. The number of amides is 1. The zero-order valence-corrected chi connectivity index (χ0v) is 14.9. The van der Waals surface area contributed by atoms with Crippen molar-refractivity contribution in [3.8, 4) is 11.8 Å². The number of fused-ring (bicyclic) bond motifs is 1.